The summed E-state index contributed by atoms with van der Waals surface area (Å²) in [7, 11) is 0. The smallest absolute Gasteiger partial charge is 0.255 e. The molecule has 2 N–H and O–H groups in total. The number of tetrazole rings is 1. The molecule has 2 aromatic carbocycles. The molecular weight excluding hydrogens is 266 g/mol. The van der Waals surface area contributed by atoms with E-state index in [1.54, 1.807) is 24.3 Å². The molecule has 1 aromatic heterocycles. The van der Waals surface area contributed by atoms with Crippen molar-refractivity contribution in [2.75, 3.05) is 5.32 Å². The van der Waals surface area contributed by atoms with E-state index in [-0.39, 0.29) is 5.91 Å². The lowest BCUT2D eigenvalue weighted by atomic mass is 10.1. The van der Waals surface area contributed by atoms with E-state index in [1.807, 2.05) is 31.2 Å². The quantitative estimate of drug-likeness (QED) is 0.771. The van der Waals surface area contributed by atoms with Crippen LogP contribution in [0.2, 0.25) is 0 Å². The minimum absolute atomic E-state index is 0.154. The van der Waals surface area contributed by atoms with Gasteiger partial charge in [0.25, 0.3) is 5.91 Å². The van der Waals surface area contributed by atoms with Gasteiger partial charge in [-0.1, -0.05) is 29.8 Å². The molecule has 1 amide bonds. The van der Waals surface area contributed by atoms with Crippen molar-refractivity contribution in [2.24, 2.45) is 0 Å². The van der Waals surface area contributed by atoms with Crippen molar-refractivity contribution in [3.8, 4) is 11.4 Å². The molecule has 0 bridgehead atoms. The monoisotopic (exact) mass is 279 g/mol. The Balaban J connectivity index is 1.74. The number of aromatic amines is 1. The van der Waals surface area contributed by atoms with Crippen LogP contribution in [0, 0.1) is 6.92 Å². The summed E-state index contributed by atoms with van der Waals surface area (Å²) in [4.78, 5) is 12.1. The molecule has 21 heavy (non-hydrogen) atoms. The van der Waals surface area contributed by atoms with Gasteiger partial charge in [-0.05, 0) is 36.4 Å². The van der Waals surface area contributed by atoms with Crippen molar-refractivity contribution < 1.29 is 4.79 Å². The molecule has 0 unspecified atom stereocenters. The Morgan fingerprint density at radius 3 is 2.38 bits per heavy atom. The predicted molar refractivity (Wildman–Crippen MR) is 78.7 cm³/mol. The fourth-order valence-electron chi connectivity index (χ4n) is 1.89. The number of aryl methyl sites for hydroxylation is 1. The van der Waals surface area contributed by atoms with E-state index >= 15 is 0 Å². The van der Waals surface area contributed by atoms with E-state index in [0.29, 0.717) is 11.4 Å². The average molecular weight is 279 g/mol. The number of hydrogen-bond donors (Lipinski definition) is 2. The standard InChI is InChI=1S/C15H13N5O/c1-10-2-8-13(9-3-10)16-15(21)12-6-4-11(5-7-12)14-17-19-20-18-14/h2-9H,1H3,(H,16,21)(H,17,18,19,20). The van der Waals surface area contributed by atoms with Gasteiger partial charge in [0.1, 0.15) is 0 Å². The maximum atomic E-state index is 12.1. The van der Waals surface area contributed by atoms with Gasteiger partial charge in [-0.25, -0.2) is 0 Å². The molecule has 0 radical (unpaired) electrons. The molecule has 0 aliphatic carbocycles. The van der Waals surface area contributed by atoms with Gasteiger partial charge in [-0.3, -0.25) is 4.79 Å². The lowest BCUT2D eigenvalue weighted by Crippen LogP contribution is -2.11. The summed E-state index contributed by atoms with van der Waals surface area (Å²) in [5.41, 5.74) is 3.30. The fraction of sp³-hybridized carbons (Fsp3) is 0.0667. The van der Waals surface area contributed by atoms with Gasteiger partial charge < -0.3 is 5.32 Å². The van der Waals surface area contributed by atoms with Crippen LogP contribution in [0.4, 0.5) is 5.69 Å². The second kappa shape index (κ2) is 5.54. The summed E-state index contributed by atoms with van der Waals surface area (Å²) in [6, 6.07) is 14.7. The number of hydrogen-bond acceptors (Lipinski definition) is 4. The van der Waals surface area contributed by atoms with Crippen LogP contribution < -0.4 is 5.32 Å². The third-order valence-electron chi connectivity index (χ3n) is 3.06. The molecule has 3 aromatic rings. The molecule has 0 aliphatic heterocycles. The van der Waals surface area contributed by atoms with E-state index in [2.05, 4.69) is 25.9 Å². The first kappa shape index (κ1) is 13.0. The molecule has 0 saturated heterocycles. The van der Waals surface area contributed by atoms with E-state index in [4.69, 9.17) is 0 Å². The predicted octanol–water partition coefficient (Wildman–Crippen LogP) is 2.43. The van der Waals surface area contributed by atoms with E-state index < -0.39 is 0 Å². The molecule has 3 rings (SSSR count). The lowest BCUT2D eigenvalue weighted by molar-refractivity contribution is 0.102. The largest absolute Gasteiger partial charge is 0.322 e. The van der Waals surface area contributed by atoms with Crippen molar-refractivity contribution in [3.05, 3.63) is 59.7 Å². The van der Waals surface area contributed by atoms with Gasteiger partial charge >= 0.3 is 0 Å². The van der Waals surface area contributed by atoms with E-state index in [9.17, 15) is 4.79 Å². The Kier molecular flexibility index (Phi) is 3.42. The zero-order valence-electron chi connectivity index (χ0n) is 11.4. The Morgan fingerprint density at radius 2 is 1.76 bits per heavy atom. The molecule has 0 atom stereocenters. The van der Waals surface area contributed by atoms with Crippen LogP contribution in [0.1, 0.15) is 15.9 Å². The highest BCUT2D eigenvalue weighted by atomic mass is 16.1. The molecule has 0 fully saturated rings. The van der Waals surface area contributed by atoms with E-state index in [0.717, 1.165) is 16.8 Å². The first-order valence-electron chi connectivity index (χ1n) is 6.44. The normalized spacial score (nSPS) is 10.3. The minimum atomic E-state index is -0.154. The highest BCUT2D eigenvalue weighted by Gasteiger charge is 2.08. The highest BCUT2D eigenvalue weighted by molar-refractivity contribution is 6.04. The SMILES string of the molecule is Cc1ccc(NC(=O)c2ccc(-c3nn[nH]n3)cc2)cc1. The van der Waals surface area contributed by atoms with E-state index in [1.165, 1.54) is 0 Å². The van der Waals surface area contributed by atoms with Gasteiger partial charge in [0, 0.05) is 16.8 Å². The lowest BCUT2D eigenvalue weighted by Gasteiger charge is -2.06. The number of anilines is 1. The van der Waals surface area contributed by atoms with Gasteiger partial charge in [-0.15, -0.1) is 10.2 Å². The topological polar surface area (TPSA) is 83.6 Å². The molecule has 1 heterocycles. The molecule has 6 heteroatoms. The van der Waals surface area contributed by atoms with Gasteiger partial charge in [0.15, 0.2) is 0 Å². The highest BCUT2D eigenvalue weighted by Crippen LogP contribution is 2.15. The van der Waals surface area contributed by atoms with Gasteiger partial charge in [0.05, 0.1) is 0 Å². The maximum Gasteiger partial charge on any atom is 0.255 e. The Bertz CT molecular complexity index is 733. The Labute approximate surface area is 121 Å². The minimum Gasteiger partial charge on any atom is -0.322 e. The van der Waals surface area contributed by atoms with Crippen LogP contribution in [0.3, 0.4) is 0 Å². The Morgan fingerprint density at radius 1 is 1.05 bits per heavy atom. The number of rotatable bonds is 3. The van der Waals surface area contributed by atoms with Gasteiger partial charge in [0.2, 0.25) is 5.82 Å². The summed E-state index contributed by atoms with van der Waals surface area (Å²) in [6.45, 7) is 2.00. The number of carbonyl (C=O) groups is 1. The number of nitrogens with one attached hydrogen (secondary N) is 2. The number of H-pyrrole nitrogens is 1. The number of carbonyl (C=O) groups excluding carboxylic acids is 1. The second-order valence-corrected chi connectivity index (χ2v) is 4.63. The molecular formula is C15H13N5O. The first-order chi connectivity index (χ1) is 10.2. The molecule has 0 spiro atoms. The fourth-order valence-corrected chi connectivity index (χ4v) is 1.89. The number of amides is 1. The molecule has 0 saturated carbocycles. The number of aromatic nitrogens is 4. The summed E-state index contributed by atoms with van der Waals surface area (Å²) in [5.74, 6) is 0.346. The van der Waals surface area contributed by atoms with Crippen LogP contribution in [0.25, 0.3) is 11.4 Å². The molecule has 6 nitrogen and oxygen atoms in total. The van der Waals surface area contributed by atoms with Crippen LogP contribution >= 0.6 is 0 Å². The zero-order chi connectivity index (χ0) is 14.7. The Hall–Kier alpha value is -3.02. The van der Waals surface area contributed by atoms with Gasteiger partial charge in [-0.2, -0.15) is 5.21 Å². The maximum absolute atomic E-state index is 12.1. The van der Waals surface area contributed by atoms with Crippen molar-refractivity contribution in [1.82, 2.24) is 20.6 Å². The van der Waals surface area contributed by atoms with Crippen molar-refractivity contribution in [3.63, 3.8) is 0 Å². The second-order valence-electron chi connectivity index (χ2n) is 4.63. The third-order valence-corrected chi connectivity index (χ3v) is 3.06. The van der Waals surface area contributed by atoms with Crippen LogP contribution in [0.15, 0.2) is 48.5 Å². The van der Waals surface area contributed by atoms with Crippen molar-refractivity contribution in [2.45, 2.75) is 6.92 Å². The summed E-state index contributed by atoms with van der Waals surface area (Å²) >= 11 is 0. The summed E-state index contributed by atoms with van der Waals surface area (Å²) < 4.78 is 0. The summed E-state index contributed by atoms with van der Waals surface area (Å²) in [6.07, 6.45) is 0. The third kappa shape index (κ3) is 2.94. The number of benzene rings is 2. The van der Waals surface area contributed by atoms with Crippen molar-refractivity contribution >= 4 is 11.6 Å². The summed E-state index contributed by atoms with van der Waals surface area (Å²) in [5, 5.41) is 16.5. The first-order valence-corrected chi connectivity index (χ1v) is 6.44. The zero-order valence-corrected chi connectivity index (χ0v) is 11.4. The number of nitrogens with zero attached hydrogens (tertiary/aromatic N) is 3. The molecule has 0 aliphatic rings. The van der Waals surface area contributed by atoms with Crippen molar-refractivity contribution in [1.29, 1.82) is 0 Å². The van der Waals surface area contributed by atoms with Crippen LogP contribution in [-0.2, 0) is 0 Å². The van der Waals surface area contributed by atoms with Crippen LogP contribution in [-0.4, -0.2) is 26.5 Å². The molecule has 104 valence electrons. The average Bonchev–Trinajstić information content (AvgIpc) is 3.04. The van der Waals surface area contributed by atoms with Crippen LogP contribution in [0.5, 0.6) is 0 Å².